The maximum Gasteiger partial charge on any atom is 0.325 e. The number of nitrogens with zero attached hydrogens (tertiary/aromatic N) is 1. The van der Waals surface area contributed by atoms with Crippen LogP contribution in [-0.2, 0) is 9.53 Å². The van der Waals surface area contributed by atoms with Crippen LogP contribution >= 0.6 is 11.8 Å². The maximum absolute atomic E-state index is 11.5. The van der Waals surface area contributed by atoms with Crippen LogP contribution in [0, 0.1) is 13.8 Å². The molecule has 3 nitrogen and oxygen atoms in total. The van der Waals surface area contributed by atoms with Crippen LogP contribution in [0.3, 0.4) is 0 Å². The fourth-order valence-corrected chi connectivity index (χ4v) is 3.63. The van der Waals surface area contributed by atoms with Crippen LogP contribution in [0.1, 0.15) is 11.1 Å². The number of hydrogen-bond acceptors (Lipinski definition) is 4. The highest BCUT2D eigenvalue weighted by molar-refractivity contribution is 7.99. The zero-order valence-corrected chi connectivity index (χ0v) is 13.7. The quantitative estimate of drug-likeness (QED) is 0.806. The van der Waals surface area contributed by atoms with E-state index in [4.69, 9.17) is 4.74 Å². The number of benzene rings is 2. The Kier molecular flexibility index (Phi) is 4.39. The lowest BCUT2D eigenvalue weighted by atomic mass is 10.2. The SMILES string of the molecule is Cc1ccc(Sc2ccccc2N2CCOC(=O)C2)c(C)c1. The molecule has 0 aromatic heterocycles. The van der Waals surface area contributed by atoms with E-state index in [1.54, 1.807) is 11.8 Å². The first-order chi connectivity index (χ1) is 10.6. The lowest BCUT2D eigenvalue weighted by Gasteiger charge is -2.29. The molecular weight excluding hydrogens is 294 g/mol. The molecule has 0 amide bonds. The summed E-state index contributed by atoms with van der Waals surface area (Å²) in [4.78, 5) is 16.1. The standard InChI is InChI=1S/C18H19NO2S/c1-13-7-8-16(14(2)11-13)22-17-6-4-3-5-15(17)19-9-10-21-18(20)12-19/h3-8,11H,9-10,12H2,1-2H3. The second kappa shape index (κ2) is 6.44. The normalized spacial score (nSPS) is 14.8. The summed E-state index contributed by atoms with van der Waals surface area (Å²) >= 11 is 1.75. The van der Waals surface area contributed by atoms with E-state index < -0.39 is 0 Å². The number of cyclic esters (lactones) is 1. The Morgan fingerprint density at radius 1 is 1.09 bits per heavy atom. The molecule has 0 saturated carbocycles. The number of hydrogen-bond donors (Lipinski definition) is 0. The van der Waals surface area contributed by atoms with Gasteiger partial charge in [-0.25, -0.2) is 0 Å². The number of carbonyl (C=O) groups excluding carboxylic acids is 1. The third kappa shape index (κ3) is 3.28. The Morgan fingerprint density at radius 3 is 2.68 bits per heavy atom. The lowest BCUT2D eigenvalue weighted by molar-refractivity contribution is -0.143. The topological polar surface area (TPSA) is 29.5 Å². The first-order valence-electron chi connectivity index (χ1n) is 7.38. The number of anilines is 1. The molecule has 0 spiro atoms. The van der Waals surface area contributed by atoms with Gasteiger partial charge in [-0.05, 0) is 37.6 Å². The van der Waals surface area contributed by atoms with E-state index in [0.29, 0.717) is 13.2 Å². The van der Waals surface area contributed by atoms with Crippen molar-refractivity contribution in [2.45, 2.75) is 23.6 Å². The summed E-state index contributed by atoms with van der Waals surface area (Å²) in [5, 5.41) is 0. The molecule has 22 heavy (non-hydrogen) atoms. The highest BCUT2D eigenvalue weighted by atomic mass is 32.2. The van der Waals surface area contributed by atoms with Crippen molar-refractivity contribution in [1.82, 2.24) is 0 Å². The molecule has 2 aromatic carbocycles. The second-order valence-corrected chi connectivity index (χ2v) is 6.56. The number of rotatable bonds is 3. The Morgan fingerprint density at radius 2 is 1.91 bits per heavy atom. The minimum atomic E-state index is -0.155. The Labute approximate surface area is 135 Å². The van der Waals surface area contributed by atoms with Crippen molar-refractivity contribution in [3.8, 4) is 0 Å². The molecule has 1 fully saturated rings. The molecule has 1 saturated heterocycles. The van der Waals surface area contributed by atoms with Crippen molar-refractivity contribution in [3.05, 3.63) is 53.6 Å². The third-order valence-corrected chi connectivity index (χ3v) is 4.94. The third-order valence-electron chi connectivity index (χ3n) is 3.70. The molecule has 0 bridgehead atoms. The zero-order chi connectivity index (χ0) is 15.5. The summed E-state index contributed by atoms with van der Waals surface area (Å²) in [6.07, 6.45) is 0. The second-order valence-electron chi connectivity index (χ2n) is 5.48. The minimum Gasteiger partial charge on any atom is -0.462 e. The highest BCUT2D eigenvalue weighted by Crippen LogP contribution is 2.37. The molecular formula is C18H19NO2S. The Bertz CT molecular complexity index is 699. The lowest BCUT2D eigenvalue weighted by Crippen LogP contribution is -2.39. The molecule has 1 aliphatic rings. The van der Waals surface area contributed by atoms with E-state index in [1.807, 2.05) is 12.1 Å². The largest absolute Gasteiger partial charge is 0.462 e. The average molecular weight is 313 g/mol. The summed E-state index contributed by atoms with van der Waals surface area (Å²) in [7, 11) is 0. The number of aryl methyl sites for hydroxylation is 2. The molecule has 0 radical (unpaired) electrons. The van der Waals surface area contributed by atoms with Gasteiger partial charge in [0.25, 0.3) is 0 Å². The highest BCUT2D eigenvalue weighted by Gasteiger charge is 2.20. The van der Waals surface area contributed by atoms with Crippen LogP contribution < -0.4 is 4.90 Å². The molecule has 0 unspecified atom stereocenters. The fourth-order valence-electron chi connectivity index (χ4n) is 2.59. The van der Waals surface area contributed by atoms with Crippen molar-refractivity contribution in [2.24, 2.45) is 0 Å². The van der Waals surface area contributed by atoms with E-state index in [1.165, 1.54) is 20.9 Å². The molecule has 1 heterocycles. The first kappa shape index (κ1) is 15.0. The van der Waals surface area contributed by atoms with Gasteiger partial charge in [0.1, 0.15) is 13.2 Å². The van der Waals surface area contributed by atoms with Crippen molar-refractivity contribution in [3.63, 3.8) is 0 Å². The molecule has 3 rings (SSSR count). The van der Waals surface area contributed by atoms with Crippen LogP contribution in [0.5, 0.6) is 0 Å². The molecule has 0 atom stereocenters. The number of morpholine rings is 1. The number of esters is 1. The van der Waals surface area contributed by atoms with E-state index in [0.717, 1.165) is 12.2 Å². The van der Waals surface area contributed by atoms with Gasteiger partial charge < -0.3 is 9.64 Å². The van der Waals surface area contributed by atoms with Crippen LogP contribution in [0.4, 0.5) is 5.69 Å². The minimum absolute atomic E-state index is 0.155. The van der Waals surface area contributed by atoms with Gasteiger partial charge in [0.05, 0.1) is 12.2 Å². The average Bonchev–Trinajstić information content (AvgIpc) is 2.50. The van der Waals surface area contributed by atoms with Gasteiger partial charge in [0, 0.05) is 9.79 Å². The van der Waals surface area contributed by atoms with Crippen molar-refractivity contribution in [2.75, 3.05) is 24.6 Å². The van der Waals surface area contributed by atoms with E-state index in [2.05, 4.69) is 49.1 Å². The Balaban J connectivity index is 1.89. The van der Waals surface area contributed by atoms with Crippen LogP contribution in [0.25, 0.3) is 0 Å². The van der Waals surface area contributed by atoms with Crippen molar-refractivity contribution in [1.29, 1.82) is 0 Å². The van der Waals surface area contributed by atoms with Crippen molar-refractivity contribution >= 4 is 23.4 Å². The van der Waals surface area contributed by atoms with E-state index >= 15 is 0 Å². The van der Waals surface area contributed by atoms with E-state index in [9.17, 15) is 4.79 Å². The summed E-state index contributed by atoms with van der Waals surface area (Å²) < 4.78 is 5.03. The van der Waals surface area contributed by atoms with Gasteiger partial charge in [0.15, 0.2) is 0 Å². The maximum atomic E-state index is 11.5. The van der Waals surface area contributed by atoms with Gasteiger partial charge >= 0.3 is 5.97 Å². The molecule has 1 aliphatic heterocycles. The van der Waals surface area contributed by atoms with Crippen LogP contribution in [0.15, 0.2) is 52.3 Å². The van der Waals surface area contributed by atoms with Crippen molar-refractivity contribution < 1.29 is 9.53 Å². The zero-order valence-electron chi connectivity index (χ0n) is 12.8. The number of ether oxygens (including phenoxy) is 1. The summed E-state index contributed by atoms with van der Waals surface area (Å²) in [6, 6.07) is 14.7. The molecule has 2 aromatic rings. The summed E-state index contributed by atoms with van der Waals surface area (Å²) in [5.41, 5.74) is 3.65. The summed E-state index contributed by atoms with van der Waals surface area (Å²) in [5.74, 6) is -0.155. The van der Waals surface area contributed by atoms with Gasteiger partial charge in [-0.3, -0.25) is 4.79 Å². The number of para-hydroxylation sites is 1. The summed E-state index contributed by atoms with van der Waals surface area (Å²) in [6.45, 7) is 5.77. The fraction of sp³-hybridized carbons (Fsp3) is 0.278. The molecule has 114 valence electrons. The smallest absolute Gasteiger partial charge is 0.325 e. The first-order valence-corrected chi connectivity index (χ1v) is 8.20. The predicted octanol–water partition coefficient (Wildman–Crippen LogP) is 3.82. The van der Waals surface area contributed by atoms with Crippen LogP contribution in [-0.4, -0.2) is 25.7 Å². The van der Waals surface area contributed by atoms with Gasteiger partial charge in [-0.1, -0.05) is 41.6 Å². The molecule has 0 N–H and O–H groups in total. The molecule has 0 aliphatic carbocycles. The monoisotopic (exact) mass is 313 g/mol. The Hall–Kier alpha value is -1.94. The van der Waals surface area contributed by atoms with Crippen LogP contribution in [0.2, 0.25) is 0 Å². The van der Waals surface area contributed by atoms with Gasteiger partial charge in [-0.15, -0.1) is 0 Å². The molecule has 4 heteroatoms. The van der Waals surface area contributed by atoms with E-state index in [-0.39, 0.29) is 5.97 Å². The predicted molar refractivity (Wildman–Crippen MR) is 89.7 cm³/mol. The van der Waals surface area contributed by atoms with Gasteiger partial charge in [0.2, 0.25) is 0 Å². The number of carbonyl (C=O) groups is 1. The van der Waals surface area contributed by atoms with Gasteiger partial charge in [-0.2, -0.15) is 0 Å².